The van der Waals surface area contributed by atoms with Gasteiger partial charge < -0.3 is 30.4 Å². The van der Waals surface area contributed by atoms with Crippen molar-refractivity contribution in [3.05, 3.63) is 29.3 Å². The van der Waals surface area contributed by atoms with Gasteiger partial charge in [-0.2, -0.15) is 0 Å². The van der Waals surface area contributed by atoms with Crippen molar-refractivity contribution in [1.29, 1.82) is 0 Å². The lowest BCUT2D eigenvalue weighted by Gasteiger charge is -2.27. The minimum absolute atomic E-state index is 0.0108. The third-order valence-corrected chi connectivity index (χ3v) is 3.18. The van der Waals surface area contributed by atoms with Gasteiger partial charge >= 0.3 is 5.97 Å². The molecule has 0 aliphatic rings. The molecule has 0 aliphatic carbocycles. The molecule has 8 nitrogen and oxygen atoms in total. The molecule has 22 heavy (non-hydrogen) atoms. The summed E-state index contributed by atoms with van der Waals surface area (Å²) >= 11 is 0. The summed E-state index contributed by atoms with van der Waals surface area (Å²) in [4.78, 5) is 34.1. The lowest BCUT2D eigenvalue weighted by molar-refractivity contribution is -0.205. The first-order valence-corrected chi connectivity index (χ1v) is 6.35. The maximum Gasteiger partial charge on any atom is 0.335 e. The number of ether oxygens (including phenoxy) is 2. The number of anilines is 1. The molecular weight excluding hydrogens is 292 g/mol. The standard InChI is InChI=1S/C14H18N2O6/c1-21-14(22-2,5-6-17)13(20)16-11-7-9(12(18)19)3-4-10(11)8-15/h3-4,6-7H,5,8,15H2,1-2H3,(H,16,20)(H,18,19). The molecule has 0 aromatic heterocycles. The first-order valence-electron chi connectivity index (χ1n) is 6.35. The van der Waals surface area contributed by atoms with Crippen LogP contribution in [0.5, 0.6) is 0 Å². The zero-order valence-electron chi connectivity index (χ0n) is 12.3. The van der Waals surface area contributed by atoms with E-state index < -0.39 is 17.7 Å². The Hall–Kier alpha value is -2.29. The Kier molecular flexibility index (Phi) is 6.17. The highest BCUT2D eigenvalue weighted by Crippen LogP contribution is 2.22. The Morgan fingerprint density at radius 2 is 2.00 bits per heavy atom. The molecule has 1 aromatic carbocycles. The summed E-state index contributed by atoms with van der Waals surface area (Å²) in [7, 11) is 2.45. The number of aldehydes is 1. The smallest absolute Gasteiger partial charge is 0.335 e. The number of nitrogens with one attached hydrogen (secondary N) is 1. The average molecular weight is 310 g/mol. The molecule has 0 heterocycles. The Balaban J connectivity index is 3.15. The highest BCUT2D eigenvalue weighted by Gasteiger charge is 2.39. The molecular formula is C14H18N2O6. The van der Waals surface area contributed by atoms with Crippen molar-refractivity contribution in [3.63, 3.8) is 0 Å². The fraction of sp³-hybridized carbons (Fsp3) is 0.357. The van der Waals surface area contributed by atoms with E-state index in [4.69, 9.17) is 20.3 Å². The molecule has 1 rings (SSSR count). The van der Waals surface area contributed by atoms with Gasteiger partial charge in [0.15, 0.2) is 0 Å². The number of hydrogen-bond donors (Lipinski definition) is 3. The first kappa shape index (κ1) is 17.8. The van der Waals surface area contributed by atoms with Gasteiger partial charge in [-0.25, -0.2) is 4.79 Å². The number of nitrogens with two attached hydrogens (primary N) is 1. The van der Waals surface area contributed by atoms with Crippen LogP contribution in [0.25, 0.3) is 0 Å². The third kappa shape index (κ3) is 3.67. The van der Waals surface area contributed by atoms with Crippen molar-refractivity contribution in [3.8, 4) is 0 Å². The monoisotopic (exact) mass is 310 g/mol. The molecule has 4 N–H and O–H groups in total. The van der Waals surface area contributed by atoms with Crippen molar-refractivity contribution in [2.75, 3.05) is 19.5 Å². The summed E-state index contributed by atoms with van der Waals surface area (Å²) in [6.07, 6.45) is 0.173. The summed E-state index contributed by atoms with van der Waals surface area (Å²) in [5, 5.41) is 11.5. The van der Waals surface area contributed by atoms with Crippen molar-refractivity contribution >= 4 is 23.9 Å². The van der Waals surface area contributed by atoms with Gasteiger partial charge in [-0.15, -0.1) is 0 Å². The number of carbonyl (C=O) groups is 3. The largest absolute Gasteiger partial charge is 0.478 e. The SMILES string of the molecule is COC(CC=O)(OC)C(=O)Nc1cc(C(=O)O)ccc1CN. The highest BCUT2D eigenvalue weighted by atomic mass is 16.7. The van der Waals surface area contributed by atoms with Crippen molar-refractivity contribution in [1.82, 2.24) is 0 Å². The van der Waals surface area contributed by atoms with Gasteiger partial charge in [0, 0.05) is 26.5 Å². The summed E-state index contributed by atoms with van der Waals surface area (Å²) < 4.78 is 10.00. The molecule has 8 heteroatoms. The van der Waals surface area contributed by atoms with Crippen LogP contribution in [-0.4, -0.2) is 43.3 Å². The molecule has 0 atom stereocenters. The van der Waals surface area contributed by atoms with Gasteiger partial charge in [-0.3, -0.25) is 4.79 Å². The van der Waals surface area contributed by atoms with E-state index >= 15 is 0 Å². The van der Waals surface area contributed by atoms with Crippen LogP contribution in [0.15, 0.2) is 18.2 Å². The topological polar surface area (TPSA) is 128 Å². The molecule has 1 aromatic rings. The number of carbonyl (C=O) groups excluding carboxylic acids is 2. The normalized spacial score (nSPS) is 11.0. The van der Waals surface area contributed by atoms with Crippen LogP contribution >= 0.6 is 0 Å². The van der Waals surface area contributed by atoms with Crippen LogP contribution < -0.4 is 11.1 Å². The fourth-order valence-electron chi connectivity index (χ4n) is 1.86. The van der Waals surface area contributed by atoms with E-state index in [0.717, 1.165) is 0 Å². The Morgan fingerprint density at radius 3 is 2.45 bits per heavy atom. The number of benzene rings is 1. The molecule has 0 saturated carbocycles. The highest BCUT2D eigenvalue weighted by molar-refractivity contribution is 5.99. The zero-order chi connectivity index (χ0) is 16.8. The van der Waals surface area contributed by atoms with Crippen molar-refractivity contribution in [2.45, 2.75) is 18.8 Å². The predicted molar refractivity (Wildman–Crippen MR) is 77.4 cm³/mol. The summed E-state index contributed by atoms with van der Waals surface area (Å²) in [5.74, 6) is -3.66. The van der Waals surface area contributed by atoms with Crippen LogP contribution in [0.3, 0.4) is 0 Å². The van der Waals surface area contributed by atoms with Gasteiger partial charge in [-0.05, 0) is 17.7 Å². The van der Waals surface area contributed by atoms with Crippen LogP contribution in [0.2, 0.25) is 0 Å². The zero-order valence-corrected chi connectivity index (χ0v) is 12.3. The first-order chi connectivity index (χ1) is 10.4. The second-order valence-electron chi connectivity index (χ2n) is 4.37. The Labute approximate surface area is 127 Å². The molecule has 0 saturated heterocycles. The van der Waals surface area contributed by atoms with E-state index in [-0.39, 0.29) is 24.2 Å². The van der Waals surface area contributed by atoms with E-state index in [9.17, 15) is 14.4 Å². The second-order valence-corrected chi connectivity index (χ2v) is 4.37. The van der Waals surface area contributed by atoms with E-state index in [2.05, 4.69) is 5.32 Å². The summed E-state index contributed by atoms with van der Waals surface area (Å²) in [6, 6.07) is 4.16. The summed E-state index contributed by atoms with van der Waals surface area (Å²) in [5.41, 5.74) is 6.31. The number of carboxylic acids is 1. The number of methoxy groups -OCH3 is 2. The van der Waals surface area contributed by atoms with E-state index in [1.165, 1.54) is 32.4 Å². The number of rotatable bonds is 8. The number of amides is 1. The molecule has 0 fully saturated rings. The molecule has 1 amide bonds. The van der Waals surface area contributed by atoms with Gasteiger partial charge in [-0.1, -0.05) is 6.07 Å². The average Bonchev–Trinajstić information content (AvgIpc) is 2.52. The van der Waals surface area contributed by atoms with E-state index in [1.54, 1.807) is 0 Å². The predicted octanol–water partition coefficient (Wildman–Crippen LogP) is 0.360. The van der Waals surface area contributed by atoms with E-state index in [1.807, 2.05) is 0 Å². The van der Waals surface area contributed by atoms with Gasteiger partial charge in [0.1, 0.15) is 6.29 Å². The van der Waals surface area contributed by atoms with Crippen molar-refractivity contribution < 1.29 is 29.0 Å². The number of hydrogen-bond acceptors (Lipinski definition) is 6. The minimum atomic E-state index is -1.78. The second kappa shape index (κ2) is 7.64. The Bertz CT molecular complexity index is 568. The number of aromatic carboxylic acids is 1. The van der Waals surface area contributed by atoms with Crippen molar-refractivity contribution in [2.24, 2.45) is 5.73 Å². The molecule has 0 radical (unpaired) electrons. The fourth-order valence-corrected chi connectivity index (χ4v) is 1.86. The summed E-state index contributed by atoms with van der Waals surface area (Å²) in [6.45, 7) is 0.0934. The number of carboxylic acid groups (broad SMARTS) is 1. The third-order valence-electron chi connectivity index (χ3n) is 3.18. The van der Waals surface area contributed by atoms with Gasteiger partial charge in [0.2, 0.25) is 0 Å². The molecule has 0 unspecified atom stereocenters. The van der Waals surface area contributed by atoms with E-state index in [0.29, 0.717) is 11.8 Å². The van der Waals surface area contributed by atoms with Gasteiger partial charge in [0.05, 0.1) is 12.0 Å². The Morgan fingerprint density at radius 1 is 1.36 bits per heavy atom. The van der Waals surface area contributed by atoms with Crippen LogP contribution in [0, 0.1) is 0 Å². The lowest BCUT2D eigenvalue weighted by Crippen LogP contribution is -2.47. The van der Waals surface area contributed by atoms with Crippen LogP contribution in [0.1, 0.15) is 22.3 Å². The van der Waals surface area contributed by atoms with Crippen LogP contribution in [0.4, 0.5) is 5.69 Å². The van der Waals surface area contributed by atoms with Crippen LogP contribution in [-0.2, 0) is 25.6 Å². The van der Waals surface area contributed by atoms with Gasteiger partial charge in [0.25, 0.3) is 11.7 Å². The molecule has 0 bridgehead atoms. The maximum atomic E-state index is 12.3. The quantitative estimate of drug-likeness (QED) is 0.467. The molecule has 120 valence electrons. The molecule has 0 spiro atoms. The lowest BCUT2D eigenvalue weighted by atomic mass is 10.1. The maximum absolute atomic E-state index is 12.3. The minimum Gasteiger partial charge on any atom is -0.478 e. The molecule has 0 aliphatic heterocycles.